The Morgan fingerprint density at radius 3 is 2.48 bits per heavy atom. The molecule has 0 unspecified atom stereocenters. The number of nitrogens with zero attached hydrogens (tertiary/aromatic N) is 2. The van der Waals surface area contributed by atoms with E-state index in [1.807, 2.05) is 6.07 Å². The van der Waals surface area contributed by atoms with Crippen LogP contribution in [0.3, 0.4) is 0 Å². The number of hydrogen-bond acceptors (Lipinski definition) is 5. The fourth-order valence-corrected chi connectivity index (χ4v) is 2.32. The highest BCUT2D eigenvalue weighted by atomic mass is 16.4. The summed E-state index contributed by atoms with van der Waals surface area (Å²) in [4.78, 5) is 23.6. The highest BCUT2D eigenvalue weighted by Gasteiger charge is 2.13. The van der Waals surface area contributed by atoms with E-state index in [0.29, 0.717) is 16.9 Å². The number of nitrogens with one attached hydrogen (secondary N) is 1. The molecule has 1 N–H and O–H groups in total. The lowest BCUT2D eigenvalue weighted by Gasteiger charge is -2.12. The lowest BCUT2D eigenvalue weighted by molar-refractivity contribution is -0.255. The van der Waals surface area contributed by atoms with Crippen LogP contribution in [0.4, 0.5) is 5.69 Å². The number of carboxylic acid groups (broad SMARTS) is 1. The smallest absolute Gasteiger partial charge is 0.256 e. The number of rotatable bonds is 3. The van der Waals surface area contributed by atoms with E-state index in [1.165, 1.54) is 12.1 Å². The highest BCUT2D eigenvalue weighted by molar-refractivity contribution is 6.12. The van der Waals surface area contributed by atoms with Crippen molar-refractivity contribution in [3.05, 3.63) is 65.4 Å². The fraction of sp³-hybridized carbons (Fsp3) is 0.0588. The van der Waals surface area contributed by atoms with Crippen molar-refractivity contribution in [2.24, 2.45) is 0 Å². The molecular formula is C17H12N3O3-. The number of hydrogen-bond donors (Lipinski definition) is 1. The normalized spacial score (nSPS) is 10.5. The van der Waals surface area contributed by atoms with Crippen LogP contribution in [-0.4, -0.2) is 22.1 Å². The quantitative estimate of drug-likeness (QED) is 0.792. The monoisotopic (exact) mass is 306 g/mol. The van der Waals surface area contributed by atoms with Gasteiger partial charge in [-0.2, -0.15) is 10.2 Å². The topological polar surface area (TPSA) is 95.0 Å². The maximum Gasteiger partial charge on any atom is 0.256 e. The second kappa shape index (κ2) is 5.84. The Balaban J connectivity index is 2.01. The summed E-state index contributed by atoms with van der Waals surface area (Å²) < 4.78 is 0. The molecule has 0 aliphatic rings. The highest BCUT2D eigenvalue weighted by Crippen LogP contribution is 2.23. The number of aromatic nitrogens is 2. The van der Waals surface area contributed by atoms with Gasteiger partial charge in [0.05, 0.1) is 22.9 Å². The first-order valence-corrected chi connectivity index (χ1v) is 6.91. The van der Waals surface area contributed by atoms with Crippen molar-refractivity contribution in [3.8, 4) is 0 Å². The van der Waals surface area contributed by atoms with Gasteiger partial charge in [0.25, 0.3) is 5.91 Å². The summed E-state index contributed by atoms with van der Waals surface area (Å²) in [6, 6.07) is 13.0. The van der Waals surface area contributed by atoms with Gasteiger partial charge in [0.15, 0.2) is 0 Å². The molecule has 0 aliphatic carbocycles. The van der Waals surface area contributed by atoms with Gasteiger partial charge in [-0.15, -0.1) is 0 Å². The zero-order valence-corrected chi connectivity index (χ0v) is 12.2. The molecule has 0 aliphatic heterocycles. The van der Waals surface area contributed by atoms with Crippen molar-refractivity contribution in [2.45, 2.75) is 6.92 Å². The minimum atomic E-state index is -1.39. The Morgan fingerprint density at radius 1 is 1.00 bits per heavy atom. The molecule has 0 spiro atoms. The molecule has 3 rings (SSSR count). The number of anilines is 1. The first-order valence-electron chi connectivity index (χ1n) is 6.91. The van der Waals surface area contributed by atoms with Crippen LogP contribution in [0.1, 0.15) is 26.4 Å². The van der Waals surface area contributed by atoms with Crippen LogP contribution in [0.15, 0.2) is 48.5 Å². The Morgan fingerprint density at radius 2 is 1.74 bits per heavy atom. The summed E-state index contributed by atoms with van der Waals surface area (Å²) in [7, 11) is 0. The predicted octanol–water partition coefficient (Wildman–Crippen LogP) is 1.55. The van der Waals surface area contributed by atoms with E-state index in [9.17, 15) is 14.7 Å². The number of aryl methyl sites for hydroxylation is 1. The van der Waals surface area contributed by atoms with Crippen LogP contribution in [0.2, 0.25) is 0 Å². The van der Waals surface area contributed by atoms with Gasteiger partial charge in [-0.1, -0.05) is 24.3 Å². The summed E-state index contributed by atoms with van der Waals surface area (Å²) in [6.45, 7) is 1.80. The Hall–Kier alpha value is -3.28. The number of carboxylic acids is 1. The largest absolute Gasteiger partial charge is 0.545 e. The van der Waals surface area contributed by atoms with Crippen LogP contribution >= 0.6 is 0 Å². The van der Waals surface area contributed by atoms with Crippen molar-refractivity contribution < 1.29 is 14.7 Å². The number of carbonyl (C=O) groups excluding carboxylic acids is 2. The third-order valence-corrected chi connectivity index (χ3v) is 3.39. The molecule has 0 saturated heterocycles. The van der Waals surface area contributed by atoms with Crippen molar-refractivity contribution in [1.29, 1.82) is 0 Å². The van der Waals surface area contributed by atoms with Gasteiger partial charge in [0.2, 0.25) is 0 Å². The number of fused-ring (bicyclic) bond motifs is 1. The average molecular weight is 306 g/mol. The van der Waals surface area contributed by atoms with Crippen LogP contribution in [0.25, 0.3) is 10.9 Å². The summed E-state index contributed by atoms with van der Waals surface area (Å²) in [5, 5.41) is 22.6. The first-order chi connectivity index (χ1) is 11.1. The Labute approximate surface area is 131 Å². The lowest BCUT2D eigenvalue weighted by atomic mass is 10.1. The number of carbonyl (C=O) groups is 2. The zero-order chi connectivity index (χ0) is 16.4. The summed E-state index contributed by atoms with van der Waals surface area (Å²) >= 11 is 0. The zero-order valence-electron chi connectivity index (χ0n) is 12.2. The Bertz CT molecular complexity index is 922. The molecule has 23 heavy (non-hydrogen) atoms. The van der Waals surface area contributed by atoms with Gasteiger partial charge in [-0.25, -0.2) is 0 Å². The van der Waals surface area contributed by atoms with Crippen molar-refractivity contribution in [1.82, 2.24) is 10.2 Å². The lowest BCUT2D eigenvalue weighted by Crippen LogP contribution is -2.26. The van der Waals surface area contributed by atoms with E-state index in [4.69, 9.17) is 0 Å². The molecule has 6 nitrogen and oxygen atoms in total. The summed E-state index contributed by atoms with van der Waals surface area (Å²) in [5.41, 5.74) is 1.79. The van der Waals surface area contributed by atoms with E-state index >= 15 is 0 Å². The SMILES string of the molecule is Cc1cc2c(NC(=O)c3ccccc3C(=O)[O-])cccc2nn1. The third-order valence-electron chi connectivity index (χ3n) is 3.39. The van der Waals surface area contributed by atoms with Gasteiger partial charge in [0.1, 0.15) is 0 Å². The second-order valence-electron chi connectivity index (χ2n) is 5.01. The maximum absolute atomic E-state index is 12.4. The molecule has 1 heterocycles. The van der Waals surface area contributed by atoms with Crippen molar-refractivity contribution >= 4 is 28.5 Å². The number of amides is 1. The van der Waals surface area contributed by atoms with E-state index in [1.54, 1.807) is 37.3 Å². The van der Waals surface area contributed by atoms with E-state index in [0.717, 1.165) is 5.39 Å². The third kappa shape index (κ3) is 2.87. The van der Waals surface area contributed by atoms with Gasteiger partial charge in [-0.05, 0) is 31.2 Å². The summed E-state index contributed by atoms with van der Waals surface area (Å²) in [6.07, 6.45) is 0. The summed E-state index contributed by atoms with van der Waals surface area (Å²) in [5.74, 6) is -1.91. The average Bonchev–Trinajstić information content (AvgIpc) is 2.55. The molecule has 2 aromatic carbocycles. The van der Waals surface area contributed by atoms with Crippen LogP contribution < -0.4 is 10.4 Å². The van der Waals surface area contributed by atoms with E-state index in [2.05, 4.69) is 15.5 Å². The predicted molar refractivity (Wildman–Crippen MR) is 83.0 cm³/mol. The molecular weight excluding hydrogens is 294 g/mol. The van der Waals surface area contributed by atoms with Gasteiger partial charge < -0.3 is 15.2 Å². The molecule has 114 valence electrons. The van der Waals surface area contributed by atoms with Gasteiger partial charge >= 0.3 is 0 Å². The first kappa shape index (κ1) is 14.6. The van der Waals surface area contributed by atoms with Crippen molar-refractivity contribution in [2.75, 3.05) is 5.32 Å². The van der Waals surface area contributed by atoms with E-state index < -0.39 is 11.9 Å². The molecule has 0 fully saturated rings. The van der Waals surface area contributed by atoms with Crippen LogP contribution in [-0.2, 0) is 0 Å². The number of aromatic carboxylic acids is 1. The van der Waals surface area contributed by atoms with Crippen molar-refractivity contribution in [3.63, 3.8) is 0 Å². The van der Waals surface area contributed by atoms with Gasteiger partial charge in [0, 0.05) is 16.5 Å². The molecule has 0 bridgehead atoms. The molecule has 1 amide bonds. The van der Waals surface area contributed by atoms with Crippen LogP contribution in [0.5, 0.6) is 0 Å². The minimum absolute atomic E-state index is 0.0447. The Kier molecular flexibility index (Phi) is 3.72. The molecule has 3 aromatic rings. The maximum atomic E-state index is 12.4. The molecule has 0 saturated carbocycles. The van der Waals surface area contributed by atoms with Crippen LogP contribution in [0, 0.1) is 6.92 Å². The fourth-order valence-electron chi connectivity index (χ4n) is 2.32. The molecule has 1 aromatic heterocycles. The minimum Gasteiger partial charge on any atom is -0.545 e. The second-order valence-corrected chi connectivity index (χ2v) is 5.01. The number of benzene rings is 2. The standard InChI is InChI=1S/C17H13N3O3/c1-10-9-13-14(7-4-8-15(13)20-19-10)18-16(21)11-5-2-3-6-12(11)17(22)23/h2-9H,1H3,(H,18,21)(H,22,23)/p-1. The van der Waals surface area contributed by atoms with Gasteiger partial charge in [-0.3, -0.25) is 4.79 Å². The van der Waals surface area contributed by atoms with E-state index in [-0.39, 0.29) is 11.1 Å². The molecule has 0 atom stereocenters. The molecule has 6 heteroatoms. The molecule has 0 radical (unpaired) electrons.